The van der Waals surface area contributed by atoms with Crippen LogP contribution in [0.4, 0.5) is 4.39 Å². The fourth-order valence-electron chi connectivity index (χ4n) is 0.242. The van der Waals surface area contributed by atoms with Gasteiger partial charge in [-0.1, -0.05) is 6.92 Å². The topological polar surface area (TPSA) is 26.3 Å². The summed E-state index contributed by atoms with van der Waals surface area (Å²) in [5.74, 6) is 0. The largest absolute Gasteiger partial charge is 0.454 e. The monoisotopic (exact) mass is 119 g/mol. The molecule has 0 aliphatic carbocycles. The van der Waals surface area contributed by atoms with Gasteiger partial charge < -0.3 is 4.74 Å². The number of carbonyl (C=O) groups excluding carboxylic acids is 1. The summed E-state index contributed by atoms with van der Waals surface area (Å²) in [6, 6.07) is 0. The van der Waals surface area contributed by atoms with Crippen LogP contribution in [0, 0.1) is 0 Å². The van der Waals surface area contributed by atoms with Gasteiger partial charge in [0, 0.05) is 0 Å². The molecule has 1 radical (unpaired) electrons. The fourth-order valence-corrected chi connectivity index (χ4v) is 0.242. The third-order valence-corrected chi connectivity index (χ3v) is 0.766. The number of halogens is 1. The first-order chi connectivity index (χ1) is 3.81. The van der Waals surface area contributed by atoms with Crippen molar-refractivity contribution in [1.82, 2.24) is 0 Å². The second-order valence-electron chi connectivity index (χ2n) is 1.40. The van der Waals surface area contributed by atoms with Crippen molar-refractivity contribution in [3.05, 3.63) is 0 Å². The van der Waals surface area contributed by atoms with Gasteiger partial charge in [-0.25, -0.2) is 9.18 Å². The highest BCUT2D eigenvalue weighted by Gasteiger charge is 2.00. The van der Waals surface area contributed by atoms with Crippen molar-refractivity contribution in [1.29, 1.82) is 0 Å². The lowest BCUT2D eigenvalue weighted by Gasteiger charge is -1.99. The standard InChI is InChI=1S/C5H8FO2/c1-2-5(6)3-8-4-7/h5H,2-3H2,1H3. The molecule has 0 spiro atoms. The first-order valence-corrected chi connectivity index (χ1v) is 2.44. The number of hydrogen-bond acceptors (Lipinski definition) is 2. The van der Waals surface area contributed by atoms with Gasteiger partial charge in [-0.15, -0.1) is 0 Å². The highest BCUT2D eigenvalue weighted by Crippen LogP contribution is 1.94. The smallest absolute Gasteiger partial charge is 0.417 e. The van der Waals surface area contributed by atoms with E-state index >= 15 is 0 Å². The van der Waals surface area contributed by atoms with Gasteiger partial charge in [0.1, 0.15) is 12.8 Å². The molecule has 0 N–H and O–H groups in total. The van der Waals surface area contributed by atoms with Gasteiger partial charge >= 0.3 is 6.47 Å². The molecule has 0 rings (SSSR count). The maximum absolute atomic E-state index is 12.0. The summed E-state index contributed by atoms with van der Waals surface area (Å²) in [7, 11) is 0. The number of hydrogen-bond donors (Lipinski definition) is 0. The lowest BCUT2D eigenvalue weighted by molar-refractivity contribution is 0.175. The van der Waals surface area contributed by atoms with Crippen LogP contribution in [0.3, 0.4) is 0 Å². The van der Waals surface area contributed by atoms with Crippen LogP contribution in [-0.2, 0) is 9.53 Å². The number of rotatable bonds is 4. The minimum absolute atomic E-state index is 0.167. The van der Waals surface area contributed by atoms with E-state index in [0.29, 0.717) is 6.42 Å². The molecule has 47 valence electrons. The van der Waals surface area contributed by atoms with Crippen molar-refractivity contribution in [2.24, 2.45) is 0 Å². The molecular weight excluding hydrogens is 111 g/mol. The molecule has 3 heteroatoms. The molecule has 0 amide bonds. The van der Waals surface area contributed by atoms with E-state index in [1.807, 2.05) is 0 Å². The summed E-state index contributed by atoms with van der Waals surface area (Å²) in [6.45, 7) is 2.66. The minimum atomic E-state index is -1.03. The van der Waals surface area contributed by atoms with Crippen LogP contribution in [0.2, 0.25) is 0 Å². The second-order valence-corrected chi connectivity index (χ2v) is 1.40. The van der Waals surface area contributed by atoms with E-state index in [0.717, 1.165) is 6.47 Å². The minimum Gasteiger partial charge on any atom is -0.454 e. The maximum atomic E-state index is 12.0. The quantitative estimate of drug-likeness (QED) is 0.547. The van der Waals surface area contributed by atoms with E-state index in [4.69, 9.17) is 0 Å². The molecule has 8 heavy (non-hydrogen) atoms. The van der Waals surface area contributed by atoms with Crippen LogP contribution in [0.15, 0.2) is 0 Å². The first kappa shape index (κ1) is 7.40. The summed E-state index contributed by atoms with van der Waals surface area (Å²) in [4.78, 5) is 9.31. The van der Waals surface area contributed by atoms with Crippen LogP contribution in [0.5, 0.6) is 0 Å². The normalized spacial score (nSPS) is 12.8. The molecule has 0 aromatic rings. The predicted molar refractivity (Wildman–Crippen MR) is 26.8 cm³/mol. The third kappa shape index (κ3) is 3.59. The van der Waals surface area contributed by atoms with Gasteiger partial charge in [-0.05, 0) is 6.42 Å². The summed E-state index contributed by atoms with van der Waals surface area (Å²) in [6.07, 6.45) is -0.654. The van der Waals surface area contributed by atoms with Crippen molar-refractivity contribution in [3.63, 3.8) is 0 Å². The molecule has 1 unspecified atom stereocenters. The van der Waals surface area contributed by atoms with E-state index in [-0.39, 0.29) is 6.61 Å². The molecular formula is C5H8FO2. The number of alkyl halides is 1. The Hall–Kier alpha value is -0.600. The molecule has 0 heterocycles. The van der Waals surface area contributed by atoms with Crippen molar-refractivity contribution < 1.29 is 13.9 Å². The lowest BCUT2D eigenvalue weighted by Crippen LogP contribution is -2.07. The number of ether oxygens (including phenoxy) is 1. The first-order valence-electron chi connectivity index (χ1n) is 2.44. The lowest BCUT2D eigenvalue weighted by atomic mass is 10.3. The van der Waals surface area contributed by atoms with Crippen LogP contribution < -0.4 is 0 Å². The van der Waals surface area contributed by atoms with Crippen LogP contribution in [-0.4, -0.2) is 19.3 Å². The average molecular weight is 119 g/mol. The molecule has 2 nitrogen and oxygen atoms in total. The molecule has 1 atom stereocenters. The Kier molecular flexibility index (Phi) is 4.21. The highest BCUT2D eigenvalue weighted by molar-refractivity contribution is 5.38. The molecule has 0 saturated heterocycles. The summed E-state index contributed by atoms with van der Waals surface area (Å²) < 4.78 is 16.0. The fraction of sp³-hybridized carbons (Fsp3) is 0.800. The second kappa shape index (κ2) is 4.56. The van der Waals surface area contributed by atoms with Gasteiger partial charge in [0.15, 0.2) is 0 Å². The van der Waals surface area contributed by atoms with E-state index in [1.165, 1.54) is 0 Å². The van der Waals surface area contributed by atoms with Gasteiger partial charge in [0.2, 0.25) is 0 Å². The molecule has 0 aromatic carbocycles. The Morgan fingerprint density at radius 2 is 2.50 bits per heavy atom. The predicted octanol–water partition coefficient (Wildman–Crippen LogP) is 0.818. The van der Waals surface area contributed by atoms with Gasteiger partial charge in [-0.3, -0.25) is 0 Å². The molecule has 0 aliphatic rings. The molecule has 0 aromatic heterocycles. The molecule has 0 saturated carbocycles. The van der Waals surface area contributed by atoms with E-state index < -0.39 is 6.17 Å². The summed E-state index contributed by atoms with van der Waals surface area (Å²) >= 11 is 0. The Labute approximate surface area is 47.6 Å². The molecule has 0 fully saturated rings. The zero-order chi connectivity index (χ0) is 6.41. The SMILES string of the molecule is CCC(F)CO[C]=O. The van der Waals surface area contributed by atoms with Crippen molar-refractivity contribution in [3.8, 4) is 0 Å². The Bertz CT molecular complexity index is 65.4. The molecule has 0 bridgehead atoms. The zero-order valence-electron chi connectivity index (χ0n) is 4.69. The van der Waals surface area contributed by atoms with Gasteiger partial charge in [0.25, 0.3) is 0 Å². The van der Waals surface area contributed by atoms with E-state index in [1.54, 1.807) is 6.92 Å². The van der Waals surface area contributed by atoms with Gasteiger partial charge in [-0.2, -0.15) is 0 Å². The summed E-state index contributed by atoms with van der Waals surface area (Å²) in [5.41, 5.74) is 0. The van der Waals surface area contributed by atoms with Crippen LogP contribution in [0.1, 0.15) is 13.3 Å². The Morgan fingerprint density at radius 1 is 1.88 bits per heavy atom. The third-order valence-electron chi connectivity index (χ3n) is 0.766. The Balaban J connectivity index is 2.97. The molecule has 0 aliphatic heterocycles. The zero-order valence-corrected chi connectivity index (χ0v) is 4.69. The Morgan fingerprint density at radius 3 is 2.88 bits per heavy atom. The van der Waals surface area contributed by atoms with E-state index in [2.05, 4.69) is 4.74 Å². The van der Waals surface area contributed by atoms with Crippen molar-refractivity contribution in [2.45, 2.75) is 19.5 Å². The van der Waals surface area contributed by atoms with Gasteiger partial charge in [0.05, 0.1) is 0 Å². The van der Waals surface area contributed by atoms with Crippen molar-refractivity contribution in [2.75, 3.05) is 6.61 Å². The van der Waals surface area contributed by atoms with Crippen LogP contribution in [0.25, 0.3) is 0 Å². The maximum Gasteiger partial charge on any atom is 0.417 e. The van der Waals surface area contributed by atoms with Crippen LogP contribution >= 0.6 is 0 Å². The summed E-state index contributed by atoms with van der Waals surface area (Å²) in [5, 5.41) is 0. The highest BCUT2D eigenvalue weighted by atomic mass is 19.1. The van der Waals surface area contributed by atoms with Crippen molar-refractivity contribution >= 4 is 6.47 Å². The average Bonchev–Trinajstić information content (AvgIpc) is 1.83. The van der Waals surface area contributed by atoms with E-state index in [9.17, 15) is 9.18 Å².